The van der Waals surface area contributed by atoms with Crippen molar-refractivity contribution in [2.45, 2.75) is 57.2 Å². The van der Waals surface area contributed by atoms with Crippen LogP contribution in [-0.4, -0.2) is 60.1 Å². The fourth-order valence-corrected chi connectivity index (χ4v) is 6.31. The summed E-state index contributed by atoms with van der Waals surface area (Å²) in [5, 5.41) is 1.39. The Morgan fingerprint density at radius 1 is 1.00 bits per heavy atom. The summed E-state index contributed by atoms with van der Waals surface area (Å²) in [5.41, 5.74) is 3.98. The molecule has 0 aliphatic carbocycles. The minimum absolute atomic E-state index is 0.152. The topological polar surface area (TPSA) is 71.1 Å². The lowest BCUT2D eigenvalue weighted by atomic mass is 9.89. The van der Waals surface area contributed by atoms with Crippen molar-refractivity contribution in [1.29, 1.82) is 0 Å². The van der Waals surface area contributed by atoms with Gasteiger partial charge in [-0.2, -0.15) is 0 Å². The van der Waals surface area contributed by atoms with Crippen molar-refractivity contribution >= 4 is 30.3 Å². The molecule has 2 saturated heterocycles. The minimum atomic E-state index is -1.35. The Morgan fingerprint density at radius 2 is 1.70 bits per heavy atom. The highest BCUT2D eigenvalue weighted by Gasteiger charge is 2.28. The van der Waals surface area contributed by atoms with Crippen LogP contribution in [0.25, 0.3) is 11.2 Å². The van der Waals surface area contributed by atoms with Gasteiger partial charge in [0.2, 0.25) is 0 Å². The predicted octanol–water partition coefficient (Wildman–Crippen LogP) is 4.42. The van der Waals surface area contributed by atoms with Crippen LogP contribution in [0.3, 0.4) is 0 Å². The van der Waals surface area contributed by atoms with Crippen molar-refractivity contribution < 1.29 is 9.53 Å². The molecule has 0 saturated carbocycles. The molecule has 2 fully saturated rings. The molecule has 0 radical (unpaired) electrons. The van der Waals surface area contributed by atoms with E-state index in [2.05, 4.69) is 47.8 Å². The number of aromatic nitrogens is 3. The minimum Gasteiger partial charge on any atom is -0.381 e. The van der Waals surface area contributed by atoms with E-state index in [1.807, 2.05) is 23.2 Å². The second-order valence-electron chi connectivity index (χ2n) is 10.5. The monoisotopic (exact) mass is 462 g/mol. The lowest BCUT2D eigenvalue weighted by molar-refractivity contribution is 0.0713. The summed E-state index contributed by atoms with van der Waals surface area (Å²) in [7, 11) is -1.35. The number of piperidine rings is 1. The van der Waals surface area contributed by atoms with Crippen molar-refractivity contribution in [3.8, 4) is 0 Å². The Morgan fingerprint density at radius 3 is 2.36 bits per heavy atom. The molecule has 1 aromatic carbocycles. The van der Waals surface area contributed by atoms with Crippen LogP contribution in [-0.2, 0) is 4.74 Å². The number of hydrogen-bond acceptors (Lipinski definition) is 4. The van der Waals surface area contributed by atoms with Gasteiger partial charge in [0.1, 0.15) is 5.82 Å². The van der Waals surface area contributed by atoms with Crippen LogP contribution in [0.2, 0.25) is 19.6 Å². The maximum absolute atomic E-state index is 13.1. The molecule has 3 aromatic rings. The number of carbonyl (C=O) groups excluding carboxylic acids is 1. The van der Waals surface area contributed by atoms with Crippen molar-refractivity contribution in [1.82, 2.24) is 19.9 Å². The zero-order chi connectivity index (χ0) is 23.0. The number of aromatic amines is 1. The number of ether oxygens (including phenoxy) is 1. The average molecular weight is 463 g/mol. The maximum atomic E-state index is 13.1. The van der Waals surface area contributed by atoms with Gasteiger partial charge >= 0.3 is 0 Å². The first-order valence-corrected chi connectivity index (χ1v) is 15.7. The Kier molecular flexibility index (Phi) is 6.10. The molecule has 0 atom stereocenters. The van der Waals surface area contributed by atoms with E-state index >= 15 is 0 Å². The molecule has 0 unspecified atom stereocenters. The molecule has 0 bridgehead atoms. The number of rotatable bonds is 4. The Bertz CT molecular complexity index is 1120. The number of fused-ring (bicyclic) bond motifs is 1. The van der Waals surface area contributed by atoms with E-state index in [0.717, 1.165) is 74.5 Å². The van der Waals surface area contributed by atoms with E-state index in [9.17, 15) is 4.79 Å². The third kappa shape index (κ3) is 4.61. The Hall–Kier alpha value is -2.51. The van der Waals surface area contributed by atoms with E-state index in [4.69, 9.17) is 9.72 Å². The van der Waals surface area contributed by atoms with E-state index in [1.54, 1.807) is 0 Å². The van der Waals surface area contributed by atoms with E-state index in [0.29, 0.717) is 11.8 Å². The van der Waals surface area contributed by atoms with E-state index in [-0.39, 0.29) is 5.91 Å². The second kappa shape index (κ2) is 9.03. The van der Waals surface area contributed by atoms with Gasteiger partial charge in [0.05, 0.1) is 13.6 Å². The van der Waals surface area contributed by atoms with Gasteiger partial charge in [-0.25, -0.2) is 9.97 Å². The molecule has 4 heterocycles. The van der Waals surface area contributed by atoms with E-state index in [1.165, 1.54) is 10.8 Å². The first kappa shape index (κ1) is 22.3. The summed E-state index contributed by atoms with van der Waals surface area (Å²) in [6.07, 6.45) is 5.82. The zero-order valence-corrected chi connectivity index (χ0v) is 20.9. The van der Waals surface area contributed by atoms with Crippen LogP contribution >= 0.6 is 0 Å². The van der Waals surface area contributed by atoms with Gasteiger partial charge in [-0.3, -0.25) is 4.79 Å². The number of benzene rings is 1. The predicted molar refractivity (Wildman–Crippen MR) is 134 cm³/mol. The SMILES string of the molecule is C[Si](C)(C)c1ccc(C(=O)N2CCC(c3ccnc4nc(C5CCOCC5)[nH]c34)CC2)cc1. The lowest BCUT2D eigenvalue weighted by Gasteiger charge is -2.32. The molecular formula is C26H34N4O2Si. The molecule has 0 spiro atoms. The van der Waals surface area contributed by atoms with Crippen molar-refractivity contribution in [2.24, 2.45) is 0 Å². The Labute approximate surface area is 196 Å². The normalized spacial score (nSPS) is 18.7. The van der Waals surface area contributed by atoms with Crippen molar-refractivity contribution in [3.63, 3.8) is 0 Å². The number of hydrogen-bond donors (Lipinski definition) is 1. The Balaban J connectivity index is 1.28. The third-order valence-electron chi connectivity index (χ3n) is 7.27. The molecular weight excluding hydrogens is 428 g/mol. The summed E-state index contributed by atoms with van der Waals surface area (Å²) in [5.74, 6) is 2.03. The number of imidazole rings is 1. The fraction of sp³-hybridized carbons (Fsp3) is 0.500. The molecule has 174 valence electrons. The molecule has 2 aliphatic heterocycles. The van der Waals surface area contributed by atoms with Crippen LogP contribution in [0.5, 0.6) is 0 Å². The van der Waals surface area contributed by atoms with Gasteiger partial charge in [-0.05, 0) is 55.4 Å². The number of nitrogens with zero attached hydrogens (tertiary/aromatic N) is 3. The molecule has 7 heteroatoms. The van der Waals surface area contributed by atoms with Crippen LogP contribution in [0, 0.1) is 0 Å². The van der Waals surface area contributed by atoms with Gasteiger partial charge in [0.25, 0.3) is 5.91 Å². The largest absolute Gasteiger partial charge is 0.381 e. The van der Waals surface area contributed by atoms with Crippen LogP contribution in [0.1, 0.15) is 59.3 Å². The highest BCUT2D eigenvalue weighted by molar-refractivity contribution is 6.88. The summed E-state index contributed by atoms with van der Waals surface area (Å²) >= 11 is 0. The van der Waals surface area contributed by atoms with Gasteiger partial charge in [0, 0.05) is 44.0 Å². The number of likely N-dealkylation sites (tertiary alicyclic amines) is 1. The smallest absolute Gasteiger partial charge is 0.253 e. The maximum Gasteiger partial charge on any atom is 0.253 e. The number of pyridine rings is 1. The lowest BCUT2D eigenvalue weighted by Crippen LogP contribution is -2.39. The van der Waals surface area contributed by atoms with Crippen LogP contribution in [0.4, 0.5) is 0 Å². The molecule has 6 nitrogen and oxygen atoms in total. The molecule has 33 heavy (non-hydrogen) atoms. The molecule has 2 aromatic heterocycles. The third-order valence-corrected chi connectivity index (χ3v) is 9.34. The van der Waals surface area contributed by atoms with Gasteiger partial charge in [-0.15, -0.1) is 0 Å². The first-order chi connectivity index (χ1) is 15.9. The van der Waals surface area contributed by atoms with Gasteiger partial charge in [-0.1, -0.05) is 37.0 Å². The summed E-state index contributed by atoms with van der Waals surface area (Å²) in [6, 6.07) is 10.4. The highest BCUT2D eigenvalue weighted by atomic mass is 28.3. The van der Waals surface area contributed by atoms with E-state index < -0.39 is 8.07 Å². The fourth-order valence-electron chi connectivity index (χ4n) is 5.14. The summed E-state index contributed by atoms with van der Waals surface area (Å²) in [4.78, 5) is 28.0. The average Bonchev–Trinajstić information content (AvgIpc) is 3.28. The second-order valence-corrected chi connectivity index (χ2v) is 15.6. The van der Waals surface area contributed by atoms with Crippen LogP contribution in [0.15, 0.2) is 36.5 Å². The van der Waals surface area contributed by atoms with Gasteiger partial charge in [0.15, 0.2) is 5.65 Å². The van der Waals surface area contributed by atoms with Crippen LogP contribution < -0.4 is 5.19 Å². The van der Waals surface area contributed by atoms with Gasteiger partial charge < -0.3 is 14.6 Å². The number of amides is 1. The first-order valence-electron chi connectivity index (χ1n) is 12.2. The summed E-state index contributed by atoms with van der Waals surface area (Å²) in [6.45, 7) is 10.2. The quantitative estimate of drug-likeness (QED) is 0.583. The number of nitrogens with one attached hydrogen (secondary N) is 1. The summed E-state index contributed by atoms with van der Waals surface area (Å²) < 4.78 is 5.51. The molecule has 2 aliphatic rings. The number of carbonyl (C=O) groups is 1. The van der Waals surface area contributed by atoms with Crippen molar-refractivity contribution in [3.05, 3.63) is 53.5 Å². The zero-order valence-electron chi connectivity index (χ0n) is 19.9. The van der Waals surface area contributed by atoms with Crippen molar-refractivity contribution in [2.75, 3.05) is 26.3 Å². The number of H-pyrrole nitrogens is 1. The highest BCUT2D eigenvalue weighted by Crippen LogP contribution is 2.34. The standard InChI is InChI=1S/C26H34N4O2Si/c1-33(2,3)21-6-4-20(5-7-21)26(31)30-14-9-18(10-15-30)22-8-13-27-25-23(22)28-24(29-25)19-11-16-32-17-12-19/h4-8,13,18-19H,9-12,14-17H2,1-3H3,(H,27,28,29). The molecule has 5 rings (SSSR count). The molecule has 1 N–H and O–H groups in total. The molecule has 1 amide bonds.